The quantitative estimate of drug-likeness (QED) is 0.712. The fourth-order valence-electron chi connectivity index (χ4n) is 1.95. The van der Waals surface area contributed by atoms with Crippen LogP contribution in [0, 0.1) is 10.6 Å². The molecule has 3 aromatic rings. The van der Waals surface area contributed by atoms with Gasteiger partial charge < -0.3 is 0 Å². The summed E-state index contributed by atoms with van der Waals surface area (Å²) in [7, 11) is 0. The van der Waals surface area contributed by atoms with Gasteiger partial charge in [0.25, 0.3) is 0 Å². The number of aromatic amines is 1. The van der Waals surface area contributed by atoms with Crippen molar-refractivity contribution in [2.24, 2.45) is 0 Å². The first-order valence-electron chi connectivity index (χ1n) is 5.84. The van der Waals surface area contributed by atoms with Crippen molar-refractivity contribution in [1.82, 2.24) is 14.8 Å². The molecule has 1 heterocycles. The maximum absolute atomic E-state index is 13.4. The third-order valence-electron chi connectivity index (χ3n) is 2.84. The fourth-order valence-corrected chi connectivity index (χ4v) is 2.31. The number of hydrogen-bond donors (Lipinski definition) is 1. The van der Waals surface area contributed by atoms with Crippen molar-refractivity contribution in [3.8, 4) is 17.1 Å². The van der Waals surface area contributed by atoms with Crippen molar-refractivity contribution in [2.45, 2.75) is 0 Å². The van der Waals surface area contributed by atoms with E-state index in [1.165, 1.54) is 12.1 Å². The molecule has 1 aromatic heterocycles. The van der Waals surface area contributed by atoms with Gasteiger partial charge >= 0.3 is 0 Å². The molecule has 0 amide bonds. The van der Waals surface area contributed by atoms with Crippen LogP contribution in [0.25, 0.3) is 17.1 Å². The van der Waals surface area contributed by atoms with Gasteiger partial charge in [0.1, 0.15) is 5.82 Å². The highest BCUT2D eigenvalue weighted by atomic mass is 35.5. The van der Waals surface area contributed by atoms with E-state index < -0.39 is 0 Å². The Hall–Kier alpha value is -1.98. The van der Waals surface area contributed by atoms with Crippen LogP contribution >= 0.6 is 23.8 Å². The van der Waals surface area contributed by atoms with Crippen LogP contribution in [0.5, 0.6) is 0 Å². The average molecular weight is 306 g/mol. The van der Waals surface area contributed by atoms with Crippen LogP contribution in [0.3, 0.4) is 0 Å². The standard InChI is InChI=1S/C14H9ClFN3S/c15-10-4-6-12(7-5-10)19-13(17-18-14(19)20)9-2-1-3-11(16)8-9/h1-8H,(H,18,20). The van der Waals surface area contributed by atoms with Gasteiger partial charge in [0.05, 0.1) is 5.69 Å². The summed E-state index contributed by atoms with van der Waals surface area (Å²) in [6.45, 7) is 0. The van der Waals surface area contributed by atoms with E-state index in [9.17, 15) is 4.39 Å². The average Bonchev–Trinajstić information content (AvgIpc) is 2.82. The Morgan fingerprint density at radius 2 is 1.90 bits per heavy atom. The number of nitrogens with one attached hydrogen (secondary N) is 1. The number of aromatic nitrogens is 3. The minimum absolute atomic E-state index is 0.320. The van der Waals surface area contributed by atoms with Crippen molar-refractivity contribution >= 4 is 23.8 Å². The second-order valence-corrected chi connectivity index (χ2v) is 5.00. The van der Waals surface area contributed by atoms with E-state index in [4.69, 9.17) is 23.8 Å². The molecule has 0 aliphatic rings. The molecule has 3 rings (SSSR count). The van der Waals surface area contributed by atoms with Crippen LogP contribution < -0.4 is 0 Å². The summed E-state index contributed by atoms with van der Waals surface area (Å²) in [5.74, 6) is 0.232. The topological polar surface area (TPSA) is 33.6 Å². The van der Waals surface area contributed by atoms with E-state index in [1.54, 1.807) is 28.8 Å². The third-order valence-corrected chi connectivity index (χ3v) is 3.37. The number of H-pyrrole nitrogens is 1. The van der Waals surface area contributed by atoms with Gasteiger partial charge in [-0.15, -0.1) is 0 Å². The van der Waals surface area contributed by atoms with E-state index in [2.05, 4.69) is 10.2 Å². The lowest BCUT2D eigenvalue weighted by molar-refractivity contribution is 0.628. The number of hydrogen-bond acceptors (Lipinski definition) is 2. The molecular weight excluding hydrogens is 297 g/mol. The lowest BCUT2D eigenvalue weighted by atomic mass is 10.2. The monoisotopic (exact) mass is 305 g/mol. The molecule has 0 unspecified atom stereocenters. The first-order chi connectivity index (χ1) is 9.65. The summed E-state index contributed by atoms with van der Waals surface area (Å²) in [6, 6.07) is 13.4. The summed E-state index contributed by atoms with van der Waals surface area (Å²) >= 11 is 11.1. The molecule has 20 heavy (non-hydrogen) atoms. The molecular formula is C14H9ClFN3S. The predicted octanol–water partition coefficient (Wildman–Crippen LogP) is 4.39. The Morgan fingerprint density at radius 1 is 1.15 bits per heavy atom. The van der Waals surface area contributed by atoms with Crippen LogP contribution in [-0.4, -0.2) is 14.8 Å². The van der Waals surface area contributed by atoms with Crippen molar-refractivity contribution in [2.75, 3.05) is 0 Å². The summed E-state index contributed by atoms with van der Waals surface area (Å²) in [5, 5.41) is 7.54. The Kier molecular flexibility index (Phi) is 3.38. The van der Waals surface area contributed by atoms with Gasteiger partial charge in [0.15, 0.2) is 10.6 Å². The number of nitrogens with zero attached hydrogens (tertiary/aromatic N) is 2. The molecule has 100 valence electrons. The normalized spacial score (nSPS) is 10.7. The van der Waals surface area contributed by atoms with Crippen molar-refractivity contribution < 1.29 is 4.39 Å². The van der Waals surface area contributed by atoms with Crippen molar-refractivity contribution in [1.29, 1.82) is 0 Å². The third kappa shape index (κ3) is 2.37. The predicted molar refractivity (Wildman–Crippen MR) is 79.2 cm³/mol. The summed E-state index contributed by atoms with van der Waals surface area (Å²) in [5.41, 5.74) is 1.46. The summed E-state index contributed by atoms with van der Waals surface area (Å²) < 4.78 is 15.5. The van der Waals surface area contributed by atoms with E-state index >= 15 is 0 Å². The van der Waals surface area contributed by atoms with Gasteiger partial charge in [-0.2, -0.15) is 5.10 Å². The fraction of sp³-hybridized carbons (Fsp3) is 0. The van der Waals surface area contributed by atoms with Gasteiger partial charge in [-0.05, 0) is 48.6 Å². The summed E-state index contributed by atoms with van der Waals surface area (Å²) in [6.07, 6.45) is 0. The summed E-state index contributed by atoms with van der Waals surface area (Å²) in [4.78, 5) is 0. The van der Waals surface area contributed by atoms with Crippen molar-refractivity contribution in [3.63, 3.8) is 0 Å². The smallest absolute Gasteiger partial charge is 0.200 e. The molecule has 0 aliphatic carbocycles. The van der Waals surface area contributed by atoms with Gasteiger partial charge in [-0.25, -0.2) is 4.39 Å². The molecule has 0 spiro atoms. The lowest BCUT2D eigenvalue weighted by Crippen LogP contribution is -1.97. The minimum Gasteiger partial charge on any atom is -0.268 e. The highest BCUT2D eigenvalue weighted by Gasteiger charge is 2.11. The highest BCUT2D eigenvalue weighted by molar-refractivity contribution is 7.71. The van der Waals surface area contributed by atoms with Gasteiger partial charge in [-0.1, -0.05) is 23.7 Å². The van der Waals surface area contributed by atoms with Gasteiger partial charge in [0.2, 0.25) is 0 Å². The van der Waals surface area contributed by atoms with Gasteiger partial charge in [-0.3, -0.25) is 9.67 Å². The van der Waals surface area contributed by atoms with Crippen LogP contribution in [-0.2, 0) is 0 Å². The maximum atomic E-state index is 13.4. The zero-order chi connectivity index (χ0) is 14.1. The molecule has 3 nitrogen and oxygen atoms in total. The second kappa shape index (κ2) is 5.19. The Bertz CT molecular complexity index is 808. The van der Waals surface area contributed by atoms with Crippen LogP contribution in [0.1, 0.15) is 0 Å². The molecule has 6 heteroatoms. The number of halogens is 2. The van der Waals surface area contributed by atoms with E-state index in [0.717, 1.165) is 5.69 Å². The maximum Gasteiger partial charge on any atom is 0.200 e. The van der Waals surface area contributed by atoms with Crippen LogP contribution in [0.15, 0.2) is 48.5 Å². The Morgan fingerprint density at radius 3 is 2.60 bits per heavy atom. The molecule has 0 aliphatic heterocycles. The number of rotatable bonds is 2. The van der Waals surface area contributed by atoms with E-state index in [0.29, 0.717) is 21.2 Å². The molecule has 0 saturated heterocycles. The second-order valence-electron chi connectivity index (χ2n) is 4.17. The van der Waals surface area contributed by atoms with Crippen LogP contribution in [0.4, 0.5) is 4.39 Å². The highest BCUT2D eigenvalue weighted by Crippen LogP contribution is 2.23. The first kappa shape index (κ1) is 13.0. The van der Waals surface area contributed by atoms with Crippen molar-refractivity contribution in [3.05, 3.63) is 64.1 Å². The zero-order valence-electron chi connectivity index (χ0n) is 10.2. The molecule has 0 radical (unpaired) electrons. The SMILES string of the molecule is Fc1cccc(-c2n[nH]c(=S)n2-c2ccc(Cl)cc2)c1. The molecule has 0 fully saturated rings. The van der Waals surface area contributed by atoms with Gasteiger partial charge in [0, 0.05) is 10.6 Å². The molecule has 0 bridgehead atoms. The van der Waals surface area contributed by atoms with Crippen LogP contribution in [0.2, 0.25) is 5.02 Å². The molecule has 0 saturated carbocycles. The Labute approximate surface area is 124 Å². The molecule has 0 atom stereocenters. The largest absolute Gasteiger partial charge is 0.268 e. The van der Waals surface area contributed by atoms with E-state index in [-0.39, 0.29) is 5.82 Å². The Balaban J connectivity index is 2.20. The first-order valence-corrected chi connectivity index (χ1v) is 6.63. The van der Waals surface area contributed by atoms with E-state index in [1.807, 2.05) is 12.1 Å². The lowest BCUT2D eigenvalue weighted by Gasteiger charge is -2.07. The molecule has 2 aromatic carbocycles. The zero-order valence-corrected chi connectivity index (χ0v) is 11.7. The number of benzene rings is 2. The molecule has 1 N–H and O–H groups in total. The minimum atomic E-state index is -0.320.